The Morgan fingerprint density at radius 2 is 2.00 bits per heavy atom. The number of piperazine rings is 1. The molecule has 2 rings (SSSR count). The Morgan fingerprint density at radius 1 is 1.26 bits per heavy atom. The van der Waals surface area contributed by atoms with Crippen molar-refractivity contribution in [3.05, 3.63) is 0 Å². The molecule has 19 heavy (non-hydrogen) atoms. The maximum absolute atomic E-state index is 5.93. The number of nitrogens with zero attached hydrogens (tertiary/aromatic N) is 1. The molecule has 0 amide bonds. The minimum absolute atomic E-state index is 0.239. The predicted molar refractivity (Wildman–Crippen MR) is 80.5 cm³/mol. The molecule has 0 aliphatic carbocycles. The lowest BCUT2D eigenvalue weighted by Gasteiger charge is -2.50. The highest BCUT2D eigenvalue weighted by Crippen LogP contribution is 2.28. The first kappa shape index (κ1) is 15.3. The number of hydrogen-bond acceptors (Lipinski definition) is 3. The smallest absolute Gasteiger partial charge is 0.0702 e. The molecule has 1 N–H and O–H groups in total. The molecule has 2 fully saturated rings. The Bertz CT molecular complexity index is 290. The lowest BCUT2D eigenvalue weighted by atomic mass is 9.82. The minimum atomic E-state index is 0.239. The van der Waals surface area contributed by atoms with Gasteiger partial charge in [0, 0.05) is 37.8 Å². The fourth-order valence-electron chi connectivity index (χ4n) is 3.12. The second-order valence-corrected chi connectivity index (χ2v) is 8.01. The van der Waals surface area contributed by atoms with Crippen LogP contribution in [-0.4, -0.2) is 48.8 Å². The van der Waals surface area contributed by atoms with Gasteiger partial charge in [0.2, 0.25) is 0 Å². The van der Waals surface area contributed by atoms with Gasteiger partial charge in [-0.05, 0) is 38.5 Å². The second-order valence-electron chi connectivity index (χ2n) is 8.01. The SMILES string of the molecule is CC(C)(C)C1CN(CC2CCCCO2)C(C)(C)CN1. The Morgan fingerprint density at radius 3 is 2.58 bits per heavy atom. The van der Waals surface area contributed by atoms with Crippen LogP contribution in [0.25, 0.3) is 0 Å². The molecular weight excluding hydrogens is 236 g/mol. The maximum atomic E-state index is 5.93. The molecule has 0 radical (unpaired) electrons. The van der Waals surface area contributed by atoms with E-state index in [9.17, 15) is 0 Å². The lowest BCUT2D eigenvalue weighted by molar-refractivity contribution is -0.0447. The van der Waals surface area contributed by atoms with Gasteiger partial charge in [0.15, 0.2) is 0 Å². The average molecular weight is 268 g/mol. The van der Waals surface area contributed by atoms with Crippen LogP contribution in [0.4, 0.5) is 0 Å². The fourth-order valence-corrected chi connectivity index (χ4v) is 3.12. The van der Waals surface area contributed by atoms with Crippen LogP contribution in [0.2, 0.25) is 0 Å². The maximum Gasteiger partial charge on any atom is 0.0702 e. The summed E-state index contributed by atoms with van der Waals surface area (Å²) in [7, 11) is 0. The summed E-state index contributed by atoms with van der Waals surface area (Å²) >= 11 is 0. The van der Waals surface area contributed by atoms with Crippen molar-refractivity contribution in [3.63, 3.8) is 0 Å². The highest BCUT2D eigenvalue weighted by atomic mass is 16.5. The summed E-state index contributed by atoms with van der Waals surface area (Å²) in [5, 5.41) is 3.73. The molecule has 0 aromatic carbocycles. The summed E-state index contributed by atoms with van der Waals surface area (Å²) in [5.41, 5.74) is 0.560. The largest absolute Gasteiger partial charge is 0.377 e. The van der Waals surface area contributed by atoms with E-state index in [4.69, 9.17) is 4.74 Å². The average Bonchev–Trinajstić information content (AvgIpc) is 2.31. The second kappa shape index (κ2) is 5.71. The first-order valence-corrected chi connectivity index (χ1v) is 7.89. The molecule has 3 heteroatoms. The molecule has 2 saturated heterocycles. The molecule has 2 aliphatic rings. The third-order valence-corrected chi connectivity index (χ3v) is 4.78. The van der Waals surface area contributed by atoms with E-state index >= 15 is 0 Å². The molecule has 2 aliphatic heterocycles. The van der Waals surface area contributed by atoms with Gasteiger partial charge in [0.05, 0.1) is 6.10 Å². The summed E-state index contributed by atoms with van der Waals surface area (Å²) in [5.74, 6) is 0. The quantitative estimate of drug-likeness (QED) is 0.833. The van der Waals surface area contributed by atoms with Crippen LogP contribution in [0, 0.1) is 5.41 Å². The first-order valence-electron chi connectivity index (χ1n) is 7.89. The molecule has 2 heterocycles. The van der Waals surface area contributed by atoms with E-state index < -0.39 is 0 Å². The van der Waals surface area contributed by atoms with Gasteiger partial charge in [-0.3, -0.25) is 4.90 Å². The molecule has 0 aromatic heterocycles. The van der Waals surface area contributed by atoms with E-state index in [0.29, 0.717) is 17.6 Å². The molecule has 0 spiro atoms. The third-order valence-electron chi connectivity index (χ3n) is 4.78. The van der Waals surface area contributed by atoms with Crippen LogP contribution in [0.5, 0.6) is 0 Å². The topological polar surface area (TPSA) is 24.5 Å². The van der Waals surface area contributed by atoms with Crippen molar-refractivity contribution in [2.75, 3.05) is 26.2 Å². The molecule has 0 bridgehead atoms. The van der Waals surface area contributed by atoms with E-state index in [1.165, 1.54) is 19.3 Å². The fraction of sp³-hybridized carbons (Fsp3) is 1.00. The standard InChI is InChI=1S/C16H32N2O/c1-15(2,3)14-11-18(16(4,5)12-17-14)10-13-8-6-7-9-19-13/h13-14,17H,6-12H2,1-5H3. The zero-order valence-corrected chi connectivity index (χ0v) is 13.5. The third kappa shape index (κ3) is 3.93. The van der Waals surface area contributed by atoms with Crippen LogP contribution >= 0.6 is 0 Å². The zero-order valence-electron chi connectivity index (χ0n) is 13.5. The summed E-state index contributed by atoms with van der Waals surface area (Å²) in [6.45, 7) is 16.0. The number of ether oxygens (including phenoxy) is 1. The highest BCUT2D eigenvalue weighted by molar-refractivity contribution is 4.97. The number of hydrogen-bond donors (Lipinski definition) is 1. The molecule has 0 saturated carbocycles. The Kier molecular flexibility index (Phi) is 4.59. The van der Waals surface area contributed by atoms with Gasteiger partial charge < -0.3 is 10.1 Å². The van der Waals surface area contributed by atoms with Crippen LogP contribution in [0.3, 0.4) is 0 Å². The van der Waals surface area contributed by atoms with Gasteiger partial charge in [0.1, 0.15) is 0 Å². The first-order chi connectivity index (χ1) is 8.79. The zero-order chi connectivity index (χ0) is 14.1. The van der Waals surface area contributed by atoms with Gasteiger partial charge in [0.25, 0.3) is 0 Å². The predicted octanol–water partition coefficient (Wildman–Crippen LogP) is 2.65. The van der Waals surface area contributed by atoms with Crippen molar-refractivity contribution in [1.82, 2.24) is 10.2 Å². The van der Waals surface area contributed by atoms with Crippen LogP contribution < -0.4 is 5.32 Å². The van der Waals surface area contributed by atoms with Gasteiger partial charge in [-0.25, -0.2) is 0 Å². The Balaban J connectivity index is 1.98. The van der Waals surface area contributed by atoms with E-state index in [1.807, 2.05) is 0 Å². The molecule has 2 unspecified atom stereocenters. The summed E-state index contributed by atoms with van der Waals surface area (Å²) in [6.07, 6.45) is 4.26. The van der Waals surface area contributed by atoms with Crippen molar-refractivity contribution in [2.45, 2.75) is 71.6 Å². The minimum Gasteiger partial charge on any atom is -0.377 e. The highest BCUT2D eigenvalue weighted by Gasteiger charge is 2.39. The molecule has 3 nitrogen and oxygen atoms in total. The van der Waals surface area contributed by atoms with Gasteiger partial charge in [-0.1, -0.05) is 20.8 Å². The lowest BCUT2D eigenvalue weighted by Crippen LogP contribution is -2.65. The van der Waals surface area contributed by atoms with Crippen molar-refractivity contribution < 1.29 is 4.74 Å². The van der Waals surface area contributed by atoms with E-state index in [2.05, 4.69) is 44.8 Å². The summed E-state index contributed by atoms with van der Waals surface area (Å²) in [4.78, 5) is 2.65. The summed E-state index contributed by atoms with van der Waals surface area (Å²) < 4.78 is 5.93. The molecular formula is C16H32N2O. The van der Waals surface area contributed by atoms with Crippen LogP contribution in [0.15, 0.2) is 0 Å². The number of nitrogens with one attached hydrogen (secondary N) is 1. The van der Waals surface area contributed by atoms with Crippen molar-refractivity contribution >= 4 is 0 Å². The summed E-state index contributed by atoms with van der Waals surface area (Å²) in [6, 6.07) is 0.573. The van der Waals surface area contributed by atoms with Gasteiger partial charge in [-0.2, -0.15) is 0 Å². The van der Waals surface area contributed by atoms with Crippen LogP contribution in [0.1, 0.15) is 53.9 Å². The number of rotatable bonds is 2. The van der Waals surface area contributed by atoms with E-state index in [0.717, 1.165) is 26.2 Å². The Labute approximate surface area is 119 Å². The molecule has 2 atom stereocenters. The van der Waals surface area contributed by atoms with Crippen molar-refractivity contribution in [1.29, 1.82) is 0 Å². The van der Waals surface area contributed by atoms with Gasteiger partial charge in [-0.15, -0.1) is 0 Å². The van der Waals surface area contributed by atoms with Crippen molar-refractivity contribution in [3.8, 4) is 0 Å². The van der Waals surface area contributed by atoms with E-state index in [1.54, 1.807) is 0 Å². The normalized spacial score (nSPS) is 33.3. The molecule has 112 valence electrons. The molecule has 0 aromatic rings. The monoisotopic (exact) mass is 268 g/mol. The van der Waals surface area contributed by atoms with Crippen LogP contribution in [-0.2, 0) is 4.74 Å². The Hall–Kier alpha value is -0.120. The van der Waals surface area contributed by atoms with Crippen molar-refractivity contribution in [2.24, 2.45) is 5.41 Å². The van der Waals surface area contributed by atoms with E-state index in [-0.39, 0.29) is 5.54 Å². The van der Waals surface area contributed by atoms with Gasteiger partial charge >= 0.3 is 0 Å².